The first-order valence-electron chi connectivity index (χ1n) is 3.48. The number of carbonyl (C=O) groups is 1. The van der Waals surface area contributed by atoms with Gasteiger partial charge in [-0.05, 0) is 23.0 Å². The summed E-state index contributed by atoms with van der Waals surface area (Å²) in [5, 5.41) is 9.88. The summed E-state index contributed by atoms with van der Waals surface area (Å²) in [6.07, 6.45) is 0. The molecule has 4 nitrogen and oxygen atoms in total. The molecular formula is C7H5N3OS2. The molecule has 2 aromatic rings. The van der Waals surface area contributed by atoms with Crippen LogP contribution in [0, 0.1) is 0 Å². The highest BCUT2D eigenvalue weighted by Crippen LogP contribution is 2.11. The van der Waals surface area contributed by atoms with Crippen LogP contribution in [0.25, 0.3) is 0 Å². The number of thiophene rings is 1. The van der Waals surface area contributed by atoms with Crippen molar-refractivity contribution >= 4 is 34.6 Å². The number of aromatic nitrogens is 2. The second kappa shape index (κ2) is 3.63. The summed E-state index contributed by atoms with van der Waals surface area (Å²) in [6, 6.07) is 3.60. The van der Waals surface area contributed by atoms with Crippen molar-refractivity contribution in [3.05, 3.63) is 27.8 Å². The second-order valence-corrected chi connectivity index (χ2v) is 3.78. The van der Waals surface area contributed by atoms with Crippen molar-refractivity contribution in [2.75, 3.05) is 5.32 Å². The molecule has 2 aromatic heterocycles. The zero-order valence-electron chi connectivity index (χ0n) is 6.43. The van der Waals surface area contributed by atoms with E-state index < -0.39 is 0 Å². The Kier molecular flexibility index (Phi) is 2.33. The van der Waals surface area contributed by atoms with E-state index in [1.165, 1.54) is 22.9 Å². The highest BCUT2D eigenvalue weighted by Gasteiger charge is 2.07. The van der Waals surface area contributed by atoms with Crippen LogP contribution in [0.3, 0.4) is 0 Å². The monoisotopic (exact) mass is 211 g/mol. The predicted octanol–water partition coefficient (Wildman–Crippen LogP) is 1.85. The maximum Gasteiger partial charge on any atom is 0.266 e. The molecule has 0 saturated heterocycles. The molecular weight excluding hydrogens is 206 g/mol. The maximum atomic E-state index is 11.4. The lowest BCUT2D eigenvalue weighted by Crippen LogP contribution is -2.10. The molecule has 66 valence electrons. The van der Waals surface area contributed by atoms with Crippen molar-refractivity contribution in [1.29, 1.82) is 0 Å². The first-order chi connectivity index (χ1) is 6.36. The maximum absolute atomic E-state index is 11.4. The van der Waals surface area contributed by atoms with Gasteiger partial charge in [0.2, 0.25) is 0 Å². The van der Waals surface area contributed by atoms with E-state index >= 15 is 0 Å². The van der Waals surface area contributed by atoms with Gasteiger partial charge in [0.15, 0.2) is 5.82 Å². The van der Waals surface area contributed by atoms with Crippen LogP contribution in [0.1, 0.15) is 9.67 Å². The zero-order valence-corrected chi connectivity index (χ0v) is 8.06. The lowest BCUT2D eigenvalue weighted by molar-refractivity contribution is 0.103. The minimum absolute atomic E-state index is 0.136. The van der Waals surface area contributed by atoms with Gasteiger partial charge in [-0.2, -0.15) is 0 Å². The number of carbonyl (C=O) groups excluding carboxylic acids is 1. The van der Waals surface area contributed by atoms with Crippen molar-refractivity contribution in [3.8, 4) is 0 Å². The van der Waals surface area contributed by atoms with Crippen LogP contribution in [0.15, 0.2) is 22.9 Å². The van der Waals surface area contributed by atoms with Gasteiger partial charge in [-0.15, -0.1) is 16.4 Å². The number of anilines is 1. The summed E-state index contributed by atoms with van der Waals surface area (Å²) in [7, 11) is 0. The van der Waals surface area contributed by atoms with Crippen molar-refractivity contribution in [2.24, 2.45) is 0 Å². The Morgan fingerprint density at radius 3 is 3.08 bits per heavy atom. The summed E-state index contributed by atoms with van der Waals surface area (Å²) in [5.41, 5.74) is 0. The molecule has 1 N–H and O–H groups in total. The van der Waals surface area contributed by atoms with Gasteiger partial charge >= 0.3 is 0 Å². The second-order valence-electron chi connectivity index (χ2n) is 2.22. The Morgan fingerprint density at radius 1 is 1.54 bits per heavy atom. The minimum Gasteiger partial charge on any atom is -0.304 e. The van der Waals surface area contributed by atoms with Gasteiger partial charge in [0.1, 0.15) is 0 Å². The molecule has 0 atom stereocenters. The Morgan fingerprint density at radius 2 is 2.46 bits per heavy atom. The molecule has 6 heteroatoms. The average molecular weight is 211 g/mol. The summed E-state index contributed by atoms with van der Waals surface area (Å²) in [5.74, 6) is 0.367. The van der Waals surface area contributed by atoms with E-state index in [0.717, 1.165) is 0 Å². The fraction of sp³-hybridized carbons (Fsp3) is 0. The number of nitrogens with zero attached hydrogens (tertiary/aromatic N) is 2. The SMILES string of the molecule is O=C(Nc1csnn1)c1cccs1. The molecule has 0 fully saturated rings. The van der Waals surface area contributed by atoms with E-state index in [2.05, 4.69) is 14.9 Å². The van der Waals surface area contributed by atoms with E-state index in [0.29, 0.717) is 10.7 Å². The molecule has 2 heterocycles. The minimum atomic E-state index is -0.136. The number of hydrogen-bond donors (Lipinski definition) is 1. The molecule has 0 aliphatic rings. The normalized spacial score (nSPS) is 9.85. The summed E-state index contributed by atoms with van der Waals surface area (Å²) in [4.78, 5) is 12.1. The third-order valence-electron chi connectivity index (χ3n) is 1.35. The lowest BCUT2D eigenvalue weighted by atomic mass is 10.4. The van der Waals surface area contributed by atoms with Gasteiger partial charge in [0.25, 0.3) is 5.91 Å². The smallest absolute Gasteiger partial charge is 0.266 e. The van der Waals surface area contributed by atoms with Gasteiger partial charge in [-0.3, -0.25) is 4.79 Å². The fourth-order valence-electron chi connectivity index (χ4n) is 0.805. The van der Waals surface area contributed by atoms with Crippen LogP contribution in [0.5, 0.6) is 0 Å². The van der Waals surface area contributed by atoms with Crippen LogP contribution >= 0.6 is 22.9 Å². The van der Waals surface area contributed by atoms with E-state index in [1.54, 1.807) is 11.4 Å². The molecule has 1 amide bonds. The highest BCUT2D eigenvalue weighted by atomic mass is 32.1. The molecule has 2 rings (SSSR count). The highest BCUT2D eigenvalue weighted by molar-refractivity contribution is 7.12. The van der Waals surface area contributed by atoms with Gasteiger partial charge < -0.3 is 5.32 Å². The van der Waals surface area contributed by atoms with Crippen molar-refractivity contribution in [1.82, 2.24) is 9.59 Å². The fourth-order valence-corrected chi connectivity index (χ4v) is 1.81. The molecule has 0 aliphatic carbocycles. The summed E-state index contributed by atoms with van der Waals surface area (Å²) >= 11 is 2.60. The van der Waals surface area contributed by atoms with Crippen LogP contribution in [0.2, 0.25) is 0 Å². The van der Waals surface area contributed by atoms with E-state index in [4.69, 9.17) is 0 Å². The van der Waals surface area contributed by atoms with Gasteiger partial charge in [0, 0.05) is 0 Å². The third-order valence-corrected chi connectivity index (χ3v) is 2.72. The molecule has 0 bridgehead atoms. The van der Waals surface area contributed by atoms with Crippen LogP contribution in [-0.4, -0.2) is 15.5 Å². The third kappa shape index (κ3) is 1.90. The van der Waals surface area contributed by atoms with Gasteiger partial charge in [-0.25, -0.2) is 0 Å². The Bertz CT molecular complexity index is 382. The summed E-state index contributed by atoms with van der Waals surface area (Å²) < 4.78 is 3.64. The lowest BCUT2D eigenvalue weighted by Gasteiger charge is -1.96. The first-order valence-corrected chi connectivity index (χ1v) is 5.20. The van der Waals surface area contributed by atoms with E-state index in [-0.39, 0.29) is 5.91 Å². The number of amides is 1. The standard InChI is InChI=1S/C7H5N3OS2/c11-7(5-2-1-3-12-5)8-6-4-13-10-9-6/h1-4H,(H,8,11). The topological polar surface area (TPSA) is 54.9 Å². The molecule has 0 aromatic carbocycles. The Hall–Kier alpha value is -1.27. The molecule has 0 aliphatic heterocycles. The number of rotatable bonds is 2. The molecule has 13 heavy (non-hydrogen) atoms. The first kappa shape index (κ1) is 8.33. The molecule has 0 unspecified atom stereocenters. The molecule has 0 saturated carbocycles. The van der Waals surface area contributed by atoms with Crippen LogP contribution in [-0.2, 0) is 0 Å². The molecule has 0 radical (unpaired) electrons. The van der Waals surface area contributed by atoms with Crippen molar-refractivity contribution in [2.45, 2.75) is 0 Å². The zero-order chi connectivity index (χ0) is 9.10. The van der Waals surface area contributed by atoms with E-state index in [1.807, 2.05) is 11.4 Å². The quantitative estimate of drug-likeness (QED) is 0.824. The Balaban J connectivity index is 2.08. The van der Waals surface area contributed by atoms with Crippen LogP contribution in [0.4, 0.5) is 5.82 Å². The number of nitrogens with one attached hydrogen (secondary N) is 1. The van der Waals surface area contributed by atoms with E-state index in [9.17, 15) is 4.79 Å². The van der Waals surface area contributed by atoms with Gasteiger partial charge in [0.05, 0.1) is 10.3 Å². The molecule has 0 spiro atoms. The van der Waals surface area contributed by atoms with Crippen LogP contribution < -0.4 is 5.32 Å². The summed E-state index contributed by atoms with van der Waals surface area (Å²) in [6.45, 7) is 0. The largest absolute Gasteiger partial charge is 0.304 e. The van der Waals surface area contributed by atoms with Gasteiger partial charge in [-0.1, -0.05) is 10.6 Å². The predicted molar refractivity (Wildman–Crippen MR) is 52.2 cm³/mol. The van der Waals surface area contributed by atoms with Crippen molar-refractivity contribution in [3.63, 3.8) is 0 Å². The average Bonchev–Trinajstić information content (AvgIpc) is 2.74. The van der Waals surface area contributed by atoms with Crippen molar-refractivity contribution < 1.29 is 4.79 Å². The Labute approximate surface area is 82.4 Å². The number of hydrogen-bond acceptors (Lipinski definition) is 5.